The molecule has 0 aromatic heterocycles. The lowest BCUT2D eigenvalue weighted by atomic mass is 10.0. The van der Waals surface area contributed by atoms with E-state index in [-0.39, 0.29) is 25.2 Å². The van der Waals surface area contributed by atoms with Crippen molar-refractivity contribution in [1.29, 1.82) is 0 Å². The highest BCUT2D eigenvalue weighted by atomic mass is 16.6. The van der Waals surface area contributed by atoms with Gasteiger partial charge in [-0.15, -0.1) is 0 Å². The molecule has 0 aliphatic heterocycles. The molecule has 50 heavy (non-hydrogen) atoms. The van der Waals surface area contributed by atoms with E-state index < -0.39 is 6.10 Å². The number of aliphatic hydroxyl groups excluding tert-OH is 1. The van der Waals surface area contributed by atoms with Gasteiger partial charge < -0.3 is 14.6 Å². The lowest BCUT2D eigenvalue weighted by molar-refractivity contribution is -0.161. The molecular weight excluding hydrogens is 620 g/mol. The minimum absolute atomic E-state index is 0.0634. The quantitative estimate of drug-likeness (QED) is 0.0390. The van der Waals surface area contributed by atoms with Crippen molar-refractivity contribution in [3.8, 4) is 0 Å². The lowest BCUT2D eigenvalue weighted by Crippen LogP contribution is -2.28. The third-order valence-corrected chi connectivity index (χ3v) is 9.75. The van der Waals surface area contributed by atoms with Gasteiger partial charge in [0.25, 0.3) is 0 Å². The molecule has 0 bridgehead atoms. The van der Waals surface area contributed by atoms with Crippen molar-refractivity contribution in [2.45, 2.75) is 238 Å². The zero-order chi connectivity index (χ0) is 36.4. The summed E-state index contributed by atoms with van der Waals surface area (Å²) in [6.07, 6.45) is 49.6. The van der Waals surface area contributed by atoms with Gasteiger partial charge in [-0.3, -0.25) is 9.59 Å². The van der Waals surface area contributed by atoms with E-state index in [0.29, 0.717) is 12.8 Å². The number of esters is 2. The van der Waals surface area contributed by atoms with E-state index >= 15 is 0 Å². The van der Waals surface area contributed by atoms with Crippen LogP contribution in [0.2, 0.25) is 0 Å². The number of unbranched alkanes of at least 4 members (excludes halogenated alkanes) is 28. The van der Waals surface area contributed by atoms with Crippen molar-refractivity contribution in [3.63, 3.8) is 0 Å². The van der Waals surface area contributed by atoms with Gasteiger partial charge >= 0.3 is 11.9 Å². The molecule has 1 atom stereocenters. The molecule has 0 amide bonds. The molecule has 1 N–H and O–H groups in total. The molecule has 5 nitrogen and oxygen atoms in total. The monoisotopic (exact) mass is 705 g/mol. The smallest absolute Gasteiger partial charge is 0.306 e. The average Bonchev–Trinajstić information content (AvgIpc) is 3.12. The summed E-state index contributed by atoms with van der Waals surface area (Å²) in [4.78, 5) is 24.3. The van der Waals surface area contributed by atoms with Crippen LogP contribution in [0.3, 0.4) is 0 Å². The van der Waals surface area contributed by atoms with Crippen LogP contribution in [0, 0.1) is 0 Å². The predicted molar refractivity (Wildman–Crippen MR) is 215 cm³/mol. The second-order valence-corrected chi connectivity index (χ2v) is 14.8. The minimum Gasteiger partial charge on any atom is -0.462 e. The molecule has 5 heteroatoms. The Labute approximate surface area is 311 Å². The van der Waals surface area contributed by atoms with Gasteiger partial charge in [-0.25, -0.2) is 0 Å². The highest BCUT2D eigenvalue weighted by Gasteiger charge is 2.16. The van der Waals surface area contributed by atoms with Gasteiger partial charge in [0.2, 0.25) is 0 Å². The molecule has 0 fully saturated rings. The van der Waals surface area contributed by atoms with Crippen molar-refractivity contribution in [2.75, 3.05) is 13.2 Å². The van der Waals surface area contributed by atoms with Crippen molar-refractivity contribution in [3.05, 3.63) is 24.3 Å². The molecule has 0 aliphatic carbocycles. The van der Waals surface area contributed by atoms with E-state index in [0.717, 1.165) is 44.9 Å². The Morgan fingerprint density at radius 3 is 1.22 bits per heavy atom. The first kappa shape index (κ1) is 48.4. The lowest BCUT2D eigenvalue weighted by Gasteiger charge is -2.15. The predicted octanol–water partition coefficient (Wildman–Crippen LogP) is 13.8. The summed E-state index contributed by atoms with van der Waals surface area (Å²) in [7, 11) is 0. The van der Waals surface area contributed by atoms with Gasteiger partial charge in [0, 0.05) is 12.8 Å². The maximum absolute atomic E-state index is 12.2. The summed E-state index contributed by atoms with van der Waals surface area (Å²) in [5, 5.41) is 9.58. The molecule has 0 aromatic carbocycles. The van der Waals surface area contributed by atoms with Crippen molar-refractivity contribution < 1.29 is 24.2 Å². The number of ether oxygens (including phenoxy) is 2. The Bertz CT molecular complexity index is 761. The Kier molecular flexibility index (Phi) is 40.4. The highest BCUT2D eigenvalue weighted by Crippen LogP contribution is 2.15. The Balaban J connectivity index is 3.50. The number of carbonyl (C=O) groups excluding carboxylic acids is 2. The van der Waals surface area contributed by atoms with Crippen molar-refractivity contribution in [1.82, 2.24) is 0 Å². The Morgan fingerprint density at radius 2 is 0.800 bits per heavy atom. The Morgan fingerprint density at radius 1 is 0.460 bits per heavy atom. The largest absolute Gasteiger partial charge is 0.462 e. The zero-order valence-electron chi connectivity index (χ0n) is 33.4. The number of carbonyl (C=O) groups is 2. The van der Waals surface area contributed by atoms with Crippen LogP contribution in [0.5, 0.6) is 0 Å². The SMILES string of the molecule is CCCCCC=CCC=CCCCCCCCCCCCC(=O)OC[C@H](CO)OC(=O)CCCCCCCCCCCCCCCCCCC. The third kappa shape index (κ3) is 39.2. The molecule has 294 valence electrons. The molecule has 0 spiro atoms. The van der Waals surface area contributed by atoms with E-state index in [1.165, 1.54) is 161 Å². The average molecular weight is 705 g/mol. The van der Waals surface area contributed by atoms with Gasteiger partial charge in [0.1, 0.15) is 6.61 Å². The maximum atomic E-state index is 12.2. The molecule has 0 aromatic rings. The fourth-order valence-electron chi connectivity index (χ4n) is 6.41. The Hall–Kier alpha value is -1.62. The van der Waals surface area contributed by atoms with E-state index in [1.54, 1.807) is 0 Å². The van der Waals surface area contributed by atoms with Gasteiger partial charge in [-0.05, 0) is 44.9 Å². The van der Waals surface area contributed by atoms with Crippen LogP contribution in [0.25, 0.3) is 0 Å². The van der Waals surface area contributed by atoms with Gasteiger partial charge in [-0.2, -0.15) is 0 Å². The first-order chi connectivity index (χ1) is 24.6. The maximum Gasteiger partial charge on any atom is 0.306 e. The van der Waals surface area contributed by atoms with E-state index in [9.17, 15) is 14.7 Å². The van der Waals surface area contributed by atoms with E-state index in [1.807, 2.05) is 0 Å². The number of rotatable bonds is 40. The normalized spacial score (nSPS) is 12.3. The van der Waals surface area contributed by atoms with Crippen LogP contribution in [0.4, 0.5) is 0 Å². The number of hydrogen-bond donors (Lipinski definition) is 1. The number of hydrogen-bond acceptors (Lipinski definition) is 5. The first-order valence-electron chi connectivity index (χ1n) is 21.9. The third-order valence-electron chi connectivity index (χ3n) is 9.75. The van der Waals surface area contributed by atoms with Crippen molar-refractivity contribution in [2.24, 2.45) is 0 Å². The van der Waals surface area contributed by atoms with Crippen molar-refractivity contribution >= 4 is 11.9 Å². The highest BCUT2D eigenvalue weighted by molar-refractivity contribution is 5.70. The molecular formula is C45H84O5. The summed E-state index contributed by atoms with van der Waals surface area (Å²) in [6.45, 7) is 4.13. The van der Waals surface area contributed by atoms with Gasteiger partial charge in [0.15, 0.2) is 6.10 Å². The standard InChI is InChI=1S/C45H84O5/c1-3-5-7-9-11-13-15-17-19-21-22-24-25-27-29-31-33-35-37-39-44(47)49-42-43(41-46)50-45(48)40-38-36-34-32-30-28-26-23-20-18-16-14-12-10-8-6-4-2/h11,13,17,19,43,46H,3-10,12,14-16,18,20-42H2,1-2H3/t43-/m0/s1. The summed E-state index contributed by atoms with van der Waals surface area (Å²) in [5.74, 6) is -0.584. The van der Waals surface area contributed by atoms with Crippen LogP contribution >= 0.6 is 0 Å². The van der Waals surface area contributed by atoms with Crippen LogP contribution in [-0.2, 0) is 19.1 Å². The summed E-state index contributed by atoms with van der Waals surface area (Å²) >= 11 is 0. The molecule has 0 radical (unpaired) electrons. The molecule has 0 unspecified atom stereocenters. The van der Waals surface area contributed by atoms with Gasteiger partial charge in [0.05, 0.1) is 6.61 Å². The molecule has 0 rings (SSSR count). The molecule has 0 saturated carbocycles. The number of allylic oxidation sites excluding steroid dienone is 4. The summed E-state index contributed by atoms with van der Waals surface area (Å²) in [5.41, 5.74) is 0. The number of aliphatic hydroxyl groups is 1. The summed E-state index contributed by atoms with van der Waals surface area (Å²) in [6, 6.07) is 0. The van der Waals surface area contributed by atoms with Crippen LogP contribution in [0.15, 0.2) is 24.3 Å². The molecule has 0 saturated heterocycles. The van der Waals surface area contributed by atoms with E-state index in [4.69, 9.17) is 9.47 Å². The van der Waals surface area contributed by atoms with Gasteiger partial charge in [-0.1, -0.05) is 199 Å². The second-order valence-electron chi connectivity index (χ2n) is 14.8. The topological polar surface area (TPSA) is 72.8 Å². The summed E-state index contributed by atoms with van der Waals surface area (Å²) < 4.78 is 10.6. The van der Waals surface area contributed by atoms with Crippen LogP contribution in [-0.4, -0.2) is 36.4 Å². The van der Waals surface area contributed by atoms with E-state index in [2.05, 4.69) is 38.2 Å². The fraction of sp³-hybridized carbons (Fsp3) is 0.867. The van der Waals surface area contributed by atoms with Crippen LogP contribution in [0.1, 0.15) is 232 Å². The zero-order valence-corrected chi connectivity index (χ0v) is 33.4. The molecule has 0 heterocycles. The first-order valence-corrected chi connectivity index (χ1v) is 21.9. The van der Waals surface area contributed by atoms with Crippen LogP contribution < -0.4 is 0 Å². The molecule has 0 aliphatic rings. The second kappa shape index (κ2) is 41.8. The minimum atomic E-state index is -0.768. The fourth-order valence-corrected chi connectivity index (χ4v) is 6.41.